The van der Waals surface area contributed by atoms with Crippen molar-refractivity contribution >= 4 is 28.4 Å². The lowest BCUT2D eigenvalue weighted by Gasteiger charge is -2.27. The fourth-order valence-electron chi connectivity index (χ4n) is 3.76. The van der Waals surface area contributed by atoms with E-state index < -0.39 is 0 Å². The number of para-hydroxylation sites is 1. The van der Waals surface area contributed by atoms with Crippen LogP contribution in [-0.4, -0.2) is 34.8 Å². The van der Waals surface area contributed by atoms with Crippen LogP contribution in [0.2, 0.25) is 0 Å². The van der Waals surface area contributed by atoms with Crippen LogP contribution in [0.1, 0.15) is 21.6 Å². The summed E-state index contributed by atoms with van der Waals surface area (Å²) in [6, 6.07) is 13.4. The monoisotopic (exact) mass is 347 g/mol. The number of amides is 2. The molecule has 1 aromatic heterocycles. The summed E-state index contributed by atoms with van der Waals surface area (Å²) in [4.78, 5) is 29.6. The molecule has 0 bridgehead atoms. The summed E-state index contributed by atoms with van der Waals surface area (Å²) in [5.41, 5.74) is 4.70. The molecule has 0 spiro atoms. The van der Waals surface area contributed by atoms with Gasteiger partial charge in [-0.05, 0) is 36.2 Å². The Kier molecular flexibility index (Phi) is 3.25. The number of nitrogens with zero attached hydrogens (tertiary/aromatic N) is 1. The van der Waals surface area contributed by atoms with Gasteiger partial charge in [0.25, 0.3) is 11.8 Å². The van der Waals surface area contributed by atoms with Crippen molar-refractivity contribution in [3.8, 4) is 5.75 Å². The summed E-state index contributed by atoms with van der Waals surface area (Å²) < 4.78 is 5.42. The minimum absolute atomic E-state index is 0.0210. The van der Waals surface area contributed by atoms with Crippen molar-refractivity contribution < 1.29 is 14.3 Å². The van der Waals surface area contributed by atoms with Gasteiger partial charge in [-0.3, -0.25) is 9.59 Å². The van der Waals surface area contributed by atoms with Crippen LogP contribution in [0.3, 0.4) is 0 Å². The number of ether oxygens (including phenoxy) is 1. The van der Waals surface area contributed by atoms with Gasteiger partial charge in [0.15, 0.2) is 6.61 Å². The molecule has 2 aromatic carbocycles. The zero-order valence-electron chi connectivity index (χ0n) is 14.0. The van der Waals surface area contributed by atoms with E-state index in [0.29, 0.717) is 30.1 Å². The summed E-state index contributed by atoms with van der Waals surface area (Å²) in [5.74, 6) is 0.329. The van der Waals surface area contributed by atoms with Crippen LogP contribution in [0.5, 0.6) is 5.75 Å². The number of carbonyl (C=O) groups excluding carboxylic acids is 2. The highest BCUT2D eigenvalue weighted by Crippen LogP contribution is 2.31. The van der Waals surface area contributed by atoms with Crippen molar-refractivity contribution in [2.24, 2.45) is 0 Å². The van der Waals surface area contributed by atoms with E-state index in [4.69, 9.17) is 4.74 Å². The Morgan fingerprint density at radius 1 is 1.15 bits per heavy atom. The minimum Gasteiger partial charge on any atom is -0.482 e. The van der Waals surface area contributed by atoms with Crippen LogP contribution >= 0.6 is 0 Å². The largest absolute Gasteiger partial charge is 0.482 e. The fourth-order valence-corrected chi connectivity index (χ4v) is 3.76. The maximum Gasteiger partial charge on any atom is 0.262 e. The summed E-state index contributed by atoms with van der Waals surface area (Å²) in [7, 11) is 0. The summed E-state index contributed by atoms with van der Waals surface area (Å²) in [5, 5.41) is 3.98. The highest BCUT2D eigenvalue weighted by atomic mass is 16.5. The third-order valence-electron chi connectivity index (χ3n) is 5.03. The zero-order valence-corrected chi connectivity index (χ0v) is 14.0. The second-order valence-corrected chi connectivity index (χ2v) is 6.65. The quantitative estimate of drug-likeness (QED) is 0.711. The molecule has 5 rings (SSSR count). The molecule has 6 nitrogen and oxygen atoms in total. The Hall–Kier alpha value is -3.28. The van der Waals surface area contributed by atoms with Gasteiger partial charge in [-0.25, -0.2) is 0 Å². The minimum atomic E-state index is -0.182. The summed E-state index contributed by atoms with van der Waals surface area (Å²) >= 11 is 0. The summed E-state index contributed by atoms with van der Waals surface area (Å²) in [6.45, 7) is 1.23. The van der Waals surface area contributed by atoms with Gasteiger partial charge in [-0.15, -0.1) is 0 Å². The standard InChI is InChI=1S/C20H17N3O3/c24-19-11-26-18-9-12(5-6-16(18)22-19)20(25)23-8-7-14-13-3-1-2-4-15(13)21-17(14)10-23/h1-6,9,21H,7-8,10-11H2,(H,22,24). The predicted molar refractivity (Wildman–Crippen MR) is 97.3 cm³/mol. The number of fused-ring (bicyclic) bond motifs is 4. The van der Waals surface area contributed by atoms with E-state index >= 15 is 0 Å². The molecule has 0 atom stereocenters. The molecule has 2 aliphatic rings. The molecular weight excluding hydrogens is 330 g/mol. The molecule has 0 saturated carbocycles. The van der Waals surface area contributed by atoms with Gasteiger partial charge in [0, 0.05) is 28.7 Å². The van der Waals surface area contributed by atoms with Crippen LogP contribution in [0.4, 0.5) is 5.69 Å². The SMILES string of the molecule is O=C1COc2cc(C(=O)N3CCc4c([nH]c5ccccc45)C3)ccc2N1. The van der Waals surface area contributed by atoms with Gasteiger partial charge >= 0.3 is 0 Å². The topological polar surface area (TPSA) is 74.4 Å². The molecule has 0 saturated heterocycles. The first-order valence-electron chi connectivity index (χ1n) is 8.63. The number of anilines is 1. The Balaban J connectivity index is 1.42. The highest BCUT2D eigenvalue weighted by Gasteiger charge is 2.26. The second-order valence-electron chi connectivity index (χ2n) is 6.65. The van der Waals surface area contributed by atoms with E-state index in [1.165, 1.54) is 10.9 Å². The van der Waals surface area contributed by atoms with E-state index in [1.54, 1.807) is 18.2 Å². The second kappa shape index (κ2) is 5.62. The number of nitrogens with one attached hydrogen (secondary N) is 2. The first-order chi connectivity index (χ1) is 12.7. The Morgan fingerprint density at radius 2 is 2.04 bits per heavy atom. The van der Waals surface area contributed by atoms with E-state index in [-0.39, 0.29) is 18.4 Å². The lowest BCUT2D eigenvalue weighted by atomic mass is 10.0. The van der Waals surface area contributed by atoms with Gasteiger partial charge in [-0.2, -0.15) is 0 Å². The van der Waals surface area contributed by atoms with Crippen LogP contribution in [0.25, 0.3) is 10.9 Å². The van der Waals surface area contributed by atoms with Crippen molar-refractivity contribution in [2.45, 2.75) is 13.0 Å². The maximum absolute atomic E-state index is 12.9. The highest BCUT2D eigenvalue weighted by molar-refractivity contribution is 5.99. The first-order valence-corrected chi connectivity index (χ1v) is 8.63. The number of hydrogen-bond donors (Lipinski definition) is 2. The smallest absolute Gasteiger partial charge is 0.262 e. The van der Waals surface area contributed by atoms with Crippen molar-refractivity contribution in [3.63, 3.8) is 0 Å². The molecule has 0 radical (unpaired) electrons. The van der Waals surface area contributed by atoms with Gasteiger partial charge in [0.05, 0.1) is 12.2 Å². The van der Waals surface area contributed by atoms with Crippen LogP contribution in [0, 0.1) is 0 Å². The molecule has 3 aromatic rings. The summed E-state index contributed by atoms with van der Waals surface area (Å²) in [6.07, 6.45) is 0.836. The Bertz CT molecular complexity index is 1050. The lowest BCUT2D eigenvalue weighted by molar-refractivity contribution is -0.118. The molecule has 6 heteroatoms. The zero-order chi connectivity index (χ0) is 17.7. The number of rotatable bonds is 1. The number of H-pyrrole nitrogens is 1. The number of benzene rings is 2. The van der Waals surface area contributed by atoms with Gasteiger partial charge in [0.2, 0.25) is 0 Å². The van der Waals surface area contributed by atoms with Crippen LogP contribution in [0.15, 0.2) is 42.5 Å². The van der Waals surface area contributed by atoms with Crippen molar-refractivity contribution in [1.29, 1.82) is 0 Å². The molecule has 0 unspecified atom stereocenters. The molecule has 0 fully saturated rings. The molecule has 2 amide bonds. The third-order valence-corrected chi connectivity index (χ3v) is 5.03. The maximum atomic E-state index is 12.9. The first kappa shape index (κ1) is 15.0. The lowest BCUT2D eigenvalue weighted by Crippen LogP contribution is -2.36. The van der Waals surface area contributed by atoms with Gasteiger partial charge in [-0.1, -0.05) is 18.2 Å². The van der Waals surface area contributed by atoms with E-state index in [9.17, 15) is 9.59 Å². The van der Waals surface area contributed by atoms with Crippen LogP contribution in [-0.2, 0) is 17.8 Å². The molecule has 0 aliphatic carbocycles. The van der Waals surface area contributed by atoms with Crippen molar-refractivity contribution in [3.05, 3.63) is 59.3 Å². The average Bonchev–Trinajstić information content (AvgIpc) is 3.04. The van der Waals surface area contributed by atoms with E-state index in [1.807, 2.05) is 17.0 Å². The van der Waals surface area contributed by atoms with E-state index in [0.717, 1.165) is 17.6 Å². The molecule has 2 N–H and O–H groups in total. The van der Waals surface area contributed by atoms with Gasteiger partial charge < -0.3 is 19.9 Å². The van der Waals surface area contributed by atoms with E-state index in [2.05, 4.69) is 22.4 Å². The van der Waals surface area contributed by atoms with Crippen LogP contribution < -0.4 is 10.1 Å². The number of hydrogen-bond acceptors (Lipinski definition) is 3. The fraction of sp³-hybridized carbons (Fsp3) is 0.200. The third kappa shape index (κ3) is 2.34. The molecule has 2 aliphatic heterocycles. The van der Waals surface area contributed by atoms with Gasteiger partial charge in [0.1, 0.15) is 5.75 Å². The number of aromatic amines is 1. The Labute approximate surface area is 149 Å². The number of aromatic nitrogens is 1. The normalized spacial score (nSPS) is 15.8. The molecule has 26 heavy (non-hydrogen) atoms. The molecular formula is C20H17N3O3. The number of carbonyl (C=O) groups is 2. The molecule has 130 valence electrons. The average molecular weight is 347 g/mol. The predicted octanol–water partition coefficient (Wildman–Crippen LogP) is 2.70. The van der Waals surface area contributed by atoms with Crippen molar-refractivity contribution in [2.75, 3.05) is 18.5 Å². The Morgan fingerprint density at radius 3 is 2.96 bits per heavy atom. The van der Waals surface area contributed by atoms with Crippen molar-refractivity contribution in [1.82, 2.24) is 9.88 Å². The molecule has 3 heterocycles.